The maximum absolute atomic E-state index is 14.4. The molecule has 1 aromatic carbocycles. The molecule has 0 spiro atoms. The predicted octanol–water partition coefficient (Wildman–Crippen LogP) is 2.10. The van der Waals surface area contributed by atoms with Crippen molar-refractivity contribution in [2.45, 2.75) is 18.5 Å². The minimum absolute atomic E-state index is 0.00222. The fourth-order valence-electron chi connectivity index (χ4n) is 2.31. The molecule has 84 valence electrons. The van der Waals surface area contributed by atoms with Gasteiger partial charge in [-0.2, -0.15) is 0 Å². The summed E-state index contributed by atoms with van der Waals surface area (Å²) in [6.45, 7) is 1.61. The third-order valence-corrected chi connectivity index (χ3v) is 3.61. The zero-order valence-corrected chi connectivity index (χ0v) is 9.03. The summed E-state index contributed by atoms with van der Waals surface area (Å²) in [5, 5.41) is 0. The Hall–Kier alpha value is -1.38. The second-order valence-corrected chi connectivity index (χ2v) is 4.66. The molecule has 16 heavy (non-hydrogen) atoms. The van der Waals surface area contributed by atoms with Gasteiger partial charge in [-0.15, -0.1) is 0 Å². The molecule has 1 saturated carbocycles. The lowest BCUT2D eigenvalue weighted by atomic mass is 10.1. The van der Waals surface area contributed by atoms with Crippen LogP contribution < -0.4 is 0 Å². The highest BCUT2D eigenvalue weighted by molar-refractivity contribution is 5.84. The fourth-order valence-corrected chi connectivity index (χ4v) is 2.31. The van der Waals surface area contributed by atoms with Gasteiger partial charge in [0.05, 0.1) is 5.92 Å². The third kappa shape index (κ3) is 1.34. The first-order valence-electron chi connectivity index (χ1n) is 5.75. The first-order chi connectivity index (χ1) is 7.72. The standard InChI is InChI=1S/C13H14FNO/c14-13(10-5-2-1-3-6-10)9-11(13)12(16)15-7-4-8-15/h1-3,5-6,11H,4,7-9H2. The number of benzene rings is 1. The molecular formula is C13H14FNO. The molecule has 2 fully saturated rings. The van der Waals surface area contributed by atoms with E-state index in [0.717, 1.165) is 19.5 Å². The Labute approximate surface area is 94.1 Å². The molecule has 1 aromatic rings. The maximum atomic E-state index is 14.4. The Balaban J connectivity index is 1.76. The lowest BCUT2D eigenvalue weighted by Crippen LogP contribution is -2.43. The van der Waals surface area contributed by atoms with Crippen molar-refractivity contribution in [3.8, 4) is 0 Å². The Morgan fingerprint density at radius 3 is 2.56 bits per heavy atom. The number of amides is 1. The van der Waals surface area contributed by atoms with Crippen LogP contribution in [0.4, 0.5) is 4.39 Å². The molecule has 0 bridgehead atoms. The van der Waals surface area contributed by atoms with Crippen LogP contribution in [0.5, 0.6) is 0 Å². The quantitative estimate of drug-likeness (QED) is 0.746. The van der Waals surface area contributed by atoms with Gasteiger partial charge in [-0.3, -0.25) is 4.79 Å². The second-order valence-electron chi connectivity index (χ2n) is 4.66. The molecule has 2 nitrogen and oxygen atoms in total. The second kappa shape index (κ2) is 3.30. The summed E-state index contributed by atoms with van der Waals surface area (Å²) in [6, 6.07) is 9.04. The summed E-state index contributed by atoms with van der Waals surface area (Å²) in [6.07, 6.45) is 1.41. The predicted molar refractivity (Wildman–Crippen MR) is 58.5 cm³/mol. The zero-order chi connectivity index (χ0) is 11.2. The van der Waals surface area contributed by atoms with Crippen LogP contribution >= 0.6 is 0 Å². The number of alkyl halides is 1. The highest BCUT2D eigenvalue weighted by Crippen LogP contribution is 2.56. The average molecular weight is 219 g/mol. The summed E-state index contributed by atoms with van der Waals surface area (Å²) >= 11 is 0. The van der Waals surface area contributed by atoms with Crippen molar-refractivity contribution in [1.82, 2.24) is 4.90 Å². The monoisotopic (exact) mass is 219 g/mol. The van der Waals surface area contributed by atoms with Crippen molar-refractivity contribution < 1.29 is 9.18 Å². The molecule has 2 aliphatic rings. The van der Waals surface area contributed by atoms with Crippen molar-refractivity contribution in [2.75, 3.05) is 13.1 Å². The van der Waals surface area contributed by atoms with Gasteiger partial charge in [-0.05, 0) is 12.0 Å². The van der Waals surface area contributed by atoms with Gasteiger partial charge < -0.3 is 4.90 Å². The van der Waals surface area contributed by atoms with Gasteiger partial charge in [-0.1, -0.05) is 30.3 Å². The van der Waals surface area contributed by atoms with E-state index in [1.807, 2.05) is 18.2 Å². The highest BCUT2D eigenvalue weighted by Gasteiger charge is 2.61. The Bertz CT molecular complexity index is 415. The van der Waals surface area contributed by atoms with E-state index in [9.17, 15) is 9.18 Å². The summed E-state index contributed by atoms with van der Waals surface area (Å²) in [5.74, 6) is -0.437. The Kier molecular flexibility index (Phi) is 2.03. The van der Waals surface area contributed by atoms with Gasteiger partial charge in [0.2, 0.25) is 5.91 Å². The smallest absolute Gasteiger partial charge is 0.229 e. The Morgan fingerprint density at radius 2 is 2.00 bits per heavy atom. The molecule has 2 atom stereocenters. The van der Waals surface area contributed by atoms with Crippen molar-refractivity contribution in [1.29, 1.82) is 0 Å². The number of likely N-dealkylation sites (tertiary alicyclic amines) is 1. The topological polar surface area (TPSA) is 20.3 Å². The molecule has 0 radical (unpaired) electrons. The van der Waals surface area contributed by atoms with Crippen LogP contribution in [0.25, 0.3) is 0 Å². The third-order valence-electron chi connectivity index (χ3n) is 3.61. The van der Waals surface area contributed by atoms with E-state index in [-0.39, 0.29) is 5.91 Å². The van der Waals surface area contributed by atoms with E-state index in [1.165, 1.54) is 0 Å². The van der Waals surface area contributed by atoms with Crippen LogP contribution in [-0.4, -0.2) is 23.9 Å². The van der Waals surface area contributed by atoms with E-state index in [1.54, 1.807) is 17.0 Å². The summed E-state index contributed by atoms with van der Waals surface area (Å²) in [5.41, 5.74) is -0.748. The number of rotatable bonds is 2. The largest absolute Gasteiger partial charge is 0.342 e. The van der Waals surface area contributed by atoms with Crippen LogP contribution in [0, 0.1) is 5.92 Å². The average Bonchev–Trinajstić information content (AvgIpc) is 2.91. The normalized spacial score (nSPS) is 32.1. The van der Waals surface area contributed by atoms with Crippen molar-refractivity contribution >= 4 is 5.91 Å². The molecule has 1 aliphatic heterocycles. The van der Waals surface area contributed by atoms with Crippen LogP contribution in [0.2, 0.25) is 0 Å². The first-order valence-corrected chi connectivity index (χ1v) is 5.75. The van der Waals surface area contributed by atoms with Crippen molar-refractivity contribution in [3.63, 3.8) is 0 Å². The van der Waals surface area contributed by atoms with E-state index < -0.39 is 11.6 Å². The minimum Gasteiger partial charge on any atom is -0.342 e. The van der Waals surface area contributed by atoms with E-state index in [4.69, 9.17) is 0 Å². The molecule has 1 amide bonds. The Morgan fingerprint density at radius 1 is 1.31 bits per heavy atom. The number of hydrogen-bond donors (Lipinski definition) is 0. The maximum Gasteiger partial charge on any atom is 0.229 e. The van der Waals surface area contributed by atoms with Gasteiger partial charge in [-0.25, -0.2) is 4.39 Å². The number of carbonyl (C=O) groups is 1. The molecule has 3 heteroatoms. The van der Waals surface area contributed by atoms with Crippen molar-refractivity contribution in [3.05, 3.63) is 35.9 Å². The molecular weight excluding hydrogens is 205 g/mol. The summed E-state index contributed by atoms with van der Waals surface area (Å²) < 4.78 is 14.4. The van der Waals surface area contributed by atoms with E-state index in [2.05, 4.69) is 0 Å². The van der Waals surface area contributed by atoms with Crippen LogP contribution in [0.1, 0.15) is 18.4 Å². The van der Waals surface area contributed by atoms with Gasteiger partial charge >= 0.3 is 0 Å². The van der Waals surface area contributed by atoms with Crippen LogP contribution in [0.3, 0.4) is 0 Å². The summed E-state index contributed by atoms with van der Waals surface area (Å²) in [7, 11) is 0. The van der Waals surface area contributed by atoms with Gasteiger partial charge in [0.25, 0.3) is 0 Å². The minimum atomic E-state index is -1.39. The van der Waals surface area contributed by atoms with Gasteiger partial charge in [0.1, 0.15) is 5.67 Å². The zero-order valence-electron chi connectivity index (χ0n) is 9.03. The lowest BCUT2D eigenvalue weighted by molar-refractivity contribution is -0.137. The molecule has 1 heterocycles. The molecule has 0 N–H and O–H groups in total. The van der Waals surface area contributed by atoms with E-state index >= 15 is 0 Å². The molecule has 2 unspecified atom stereocenters. The molecule has 3 rings (SSSR count). The first kappa shape index (κ1) is 9.82. The number of hydrogen-bond acceptors (Lipinski definition) is 1. The molecule has 0 aromatic heterocycles. The number of halogens is 1. The number of carbonyl (C=O) groups excluding carboxylic acids is 1. The van der Waals surface area contributed by atoms with Crippen LogP contribution in [-0.2, 0) is 10.5 Å². The van der Waals surface area contributed by atoms with E-state index in [0.29, 0.717) is 12.0 Å². The van der Waals surface area contributed by atoms with Gasteiger partial charge in [0, 0.05) is 19.5 Å². The SMILES string of the molecule is O=C(C1CC1(F)c1ccccc1)N1CCC1. The molecule has 1 saturated heterocycles. The van der Waals surface area contributed by atoms with Crippen molar-refractivity contribution in [2.24, 2.45) is 5.92 Å². The fraction of sp³-hybridized carbons (Fsp3) is 0.462. The molecule has 1 aliphatic carbocycles. The number of nitrogens with zero attached hydrogens (tertiary/aromatic N) is 1. The van der Waals surface area contributed by atoms with Crippen LogP contribution in [0.15, 0.2) is 30.3 Å². The van der Waals surface area contributed by atoms with Gasteiger partial charge in [0.15, 0.2) is 0 Å². The highest BCUT2D eigenvalue weighted by atomic mass is 19.1. The summed E-state index contributed by atoms with van der Waals surface area (Å²) in [4.78, 5) is 13.6. The lowest BCUT2D eigenvalue weighted by Gasteiger charge is -2.31.